The highest BCUT2D eigenvalue weighted by molar-refractivity contribution is 6.31. The van der Waals surface area contributed by atoms with Crippen molar-refractivity contribution in [2.24, 2.45) is 13.0 Å². The molecule has 0 unspecified atom stereocenters. The first-order valence-electron chi connectivity index (χ1n) is 11.7. The van der Waals surface area contributed by atoms with Crippen LogP contribution in [0, 0.1) is 5.92 Å². The number of fused-ring (bicyclic) bond motifs is 4. The fourth-order valence-corrected chi connectivity index (χ4v) is 5.79. The van der Waals surface area contributed by atoms with Gasteiger partial charge < -0.3 is 4.57 Å². The van der Waals surface area contributed by atoms with Crippen molar-refractivity contribution in [3.63, 3.8) is 0 Å². The van der Waals surface area contributed by atoms with E-state index in [2.05, 4.69) is 58.6 Å². The van der Waals surface area contributed by atoms with Crippen LogP contribution in [0.15, 0.2) is 48.5 Å². The van der Waals surface area contributed by atoms with Gasteiger partial charge >= 0.3 is 0 Å². The van der Waals surface area contributed by atoms with Crippen LogP contribution in [0.1, 0.15) is 57.8 Å². The highest BCUT2D eigenvalue weighted by Crippen LogP contribution is 2.31. The zero-order valence-electron chi connectivity index (χ0n) is 18.0. The van der Waals surface area contributed by atoms with E-state index in [0.29, 0.717) is 0 Å². The van der Waals surface area contributed by atoms with E-state index >= 15 is 0 Å². The summed E-state index contributed by atoms with van der Waals surface area (Å²) >= 11 is 6.31. The number of rotatable bonds is 6. The molecule has 156 valence electrons. The molecule has 0 N–H and O–H groups in total. The fourth-order valence-electron chi connectivity index (χ4n) is 5.61. The summed E-state index contributed by atoms with van der Waals surface area (Å²) in [5.74, 6) is 1.00. The highest BCUT2D eigenvalue weighted by Gasteiger charge is 2.21. The number of nitrogens with zero attached hydrogens (tertiary/aromatic N) is 2. The first-order valence-corrected chi connectivity index (χ1v) is 12.1. The van der Waals surface area contributed by atoms with E-state index in [1.807, 2.05) is 6.07 Å². The van der Waals surface area contributed by atoms with Gasteiger partial charge in [0.2, 0.25) is 11.0 Å². The molecule has 4 aromatic rings. The van der Waals surface area contributed by atoms with Gasteiger partial charge in [-0.15, -0.1) is 0 Å². The minimum Gasteiger partial charge on any atom is -0.335 e. The molecule has 1 saturated carbocycles. The van der Waals surface area contributed by atoms with Gasteiger partial charge in [-0.2, -0.15) is 4.57 Å². The van der Waals surface area contributed by atoms with Crippen molar-refractivity contribution in [3.8, 4) is 0 Å². The predicted octanol–water partition coefficient (Wildman–Crippen LogP) is 7.57. The molecule has 30 heavy (non-hydrogen) atoms. The standard InChI is InChI=1S/C27H32ClN2/c1-29-24-16-15-22(28)18-21(24)19-26-27(29)23-13-7-8-14-25(23)30(26)17-9-3-6-12-20-10-4-2-5-11-20/h7-8,13-16,18-20H,2-6,9-12,17H2,1H3/q+1. The molecule has 0 amide bonds. The molecule has 2 aromatic carbocycles. The van der Waals surface area contributed by atoms with Crippen LogP contribution in [-0.4, -0.2) is 4.57 Å². The molecule has 1 fully saturated rings. The Morgan fingerprint density at radius 2 is 1.77 bits per heavy atom. The number of aryl methyl sites for hydroxylation is 2. The molecule has 2 heterocycles. The maximum Gasteiger partial charge on any atom is 0.238 e. The lowest BCUT2D eigenvalue weighted by molar-refractivity contribution is -0.616. The molecule has 5 rings (SSSR count). The van der Waals surface area contributed by atoms with Gasteiger partial charge in [0.25, 0.3) is 0 Å². The lowest BCUT2D eigenvalue weighted by Crippen LogP contribution is -2.29. The molecule has 0 atom stereocenters. The van der Waals surface area contributed by atoms with Crippen LogP contribution >= 0.6 is 11.6 Å². The van der Waals surface area contributed by atoms with Gasteiger partial charge in [-0.25, -0.2) is 0 Å². The minimum atomic E-state index is 0.798. The third-order valence-corrected chi connectivity index (χ3v) is 7.42. The van der Waals surface area contributed by atoms with Crippen molar-refractivity contribution in [2.45, 2.75) is 64.3 Å². The monoisotopic (exact) mass is 419 g/mol. The number of aromatic nitrogens is 2. The lowest BCUT2D eigenvalue weighted by Gasteiger charge is -2.21. The quantitative estimate of drug-likeness (QED) is 0.225. The summed E-state index contributed by atoms with van der Waals surface area (Å²) < 4.78 is 4.87. The normalized spacial score (nSPS) is 15.5. The molecule has 1 aliphatic rings. The van der Waals surface area contributed by atoms with Crippen molar-refractivity contribution >= 4 is 44.4 Å². The second kappa shape index (κ2) is 8.59. The van der Waals surface area contributed by atoms with Gasteiger partial charge in [-0.3, -0.25) is 0 Å². The van der Waals surface area contributed by atoms with Crippen molar-refractivity contribution in [2.75, 3.05) is 0 Å². The van der Waals surface area contributed by atoms with Crippen LogP contribution in [-0.2, 0) is 13.6 Å². The summed E-state index contributed by atoms with van der Waals surface area (Å²) in [7, 11) is 2.18. The first kappa shape index (κ1) is 19.9. The number of halogens is 1. The van der Waals surface area contributed by atoms with E-state index in [1.54, 1.807) is 0 Å². The first-order chi connectivity index (χ1) is 14.7. The van der Waals surface area contributed by atoms with Gasteiger partial charge in [0, 0.05) is 23.0 Å². The van der Waals surface area contributed by atoms with Crippen LogP contribution in [0.3, 0.4) is 0 Å². The summed E-state index contributed by atoms with van der Waals surface area (Å²) in [6.45, 7) is 1.08. The number of unbranched alkanes of at least 4 members (excludes halogenated alkanes) is 2. The molecule has 0 spiro atoms. The van der Waals surface area contributed by atoms with E-state index < -0.39 is 0 Å². The Morgan fingerprint density at radius 3 is 2.63 bits per heavy atom. The largest absolute Gasteiger partial charge is 0.335 e. The van der Waals surface area contributed by atoms with Crippen molar-refractivity contribution in [1.82, 2.24) is 4.57 Å². The predicted molar refractivity (Wildman–Crippen MR) is 128 cm³/mol. The van der Waals surface area contributed by atoms with Crippen LogP contribution in [0.4, 0.5) is 0 Å². The van der Waals surface area contributed by atoms with E-state index in [1.165, 1.54) is 90.6 Å². The van der Waals surface area contributed by atoms with E-state index in [0.717, 1.165) is 17.5 Å². The molecule has 3 heteroatoms. The van der Waals surface area contributed by atoms with E-state index in [4.69, 9.17) is 11.6 Å². The van der Waals surface area contributed by atoms with E-state index in [9.17, 15) is 0 Å². The number of hydrogen-bond acceptors (Lipinski definition) is 0. The summed E-state index contributed by atoms with van der Waals surface area (Å²) in [5.41, 5.74) is 5.21. The topological polar surface area (TPSA) is 8.81 Å². The van der Waals surface area contributed by atoms with Crippen molar-refractivity contribution in [3.05, 3.63) is 53.6 Å². The third kappa shape index (κ3) is 3.71. The number of pyridine rings is 1. The summed E-state index contributed by atoms with van der Waals surface area (Å²) in [5, 5.41) is 3.35. The minimum absolute atomic E-state index is 0.798. The molecule has 0 radical (unpaired) electrons. The van der Waals surface area contributed by atoms with Crippen molar-refractivity contribution < 1.29 is 4.57 Å². The average molecular weight is 420 g/mol. The molecule has 0 saturated heterocycles. The van der Waals surface area contributed by atoms with Crippen LogP contribution < -0.4 is 4.57 Å². The summed E-state index contributed by atoms with van der Waals surface area (Å²) in [6, 6.07) is 17.4. The van der Waals surface area contributed by atoms with Crippen LogP contribution in [0.25, 0.3) is 32.8 Å². The molecule has 0 aliphatic heterocycles. The lowest BCUT2D eigenvalue weighted by atomic mass is 9.85. The van der Waals surface area contributed by atoms with Gasteiger partial charge in [0.05, 0.1) is 10.9 Å². The van der Waals surface area contributed by atoms with Gasteiger partial charge in [-0.05, 0) is 42.7 Å². The molecule has 2 nitrogen and oxygen atoms in total. The highest BCUT2D eigenvalue weighted by atomic mass is 35.5. The third-order valence-electron chi connectivity index (χ3n) is 7.18. The maximum absolute atomic E-state index is 6.31. The van der Waals surface area contributed by atoms with Gasteiger partial charge in [0.15, 0.2) is 0 Å². The Bertz CT molecular complexity index is 1180. The number of hydrogen-bond donors (Lipinski definition) is 0. The molecular weight excluding hydrogens is 388 g/mol. The number of para-hydroxylation sites is 1. The zero-order valence-corrected chi connectivity index (χ0v) is 18.8. The molecular formula is C27H32ClN2+. The molecule has 0 bridgehead atoms. The SMILES string of the molecule is C[n+]1c2ccc(Cl)cc2cc2c1c1ccccc1n2CCCCCC1CCCCC1. The number of benzene rings is 2. The van der Waals surface area contributed by atoms with Gasteiger partial charge in [-0.1, -0.05) is 75.1 Å². The van der Waals surface area contributed by atoms with Gasteiger partial charge in [0.1, 0.15) is 12.6 Å². The summed E-state index contributed by atoms with van der Waals surface area (Å²) in [6.07, 6.45) is 12.7. The van der Waals surface area contributed by atoms with Crippen molar-refractivity contribution in [1.29, 1.82) is 0 Å². The van der Waals surface area contributed by atoms with E-state index in [-0.39, 0.29) is 0 Å². The van der Waals surface area contributed by atoms with Crippen LogP contribution in [0.5, 0.6) is 0 Å². The molecule has 1 aliphatic carbocycles. The Hall–Kier alpha value is -2.06. The van der Waals surface area contributed by atoms with Crippen LogP contribution in [0.2, 0.25) is 5.02 Å². The Labute approximate surface area is 184 Å². The summed E-state index contributed by atoms with van der Waals surface area (Å²) in [4.78, 5) is 0. The smallest absolute Gasteiger partial charge is 0.238 e. The Balaban J connectivity index is 1.43. The molecule has 2 aromatic heterocycles. The fraction of sp³-hybridized carbons (Fsp3) is 0.444. The second-order valence-electron chi connectivity index (χ2n) is 9.16. The average Bonchev–Trinajstić information content (AvgIpc) is 3.08. The maximum atomic E-state index is 6.31. The Morgan fingerprint density at radius 1 is 0.933 bits per heavy atom. The zero-order chi connectivity index (χ0) is 20.5. The second-order valence-corrected chi connectivity index (χ2v) is 9.60. The Kier molecular flexibility index (Phi) is 5.69.